The highest BCUT2D eigenvalue weighted by atomic mass is 35.5. The lowest BCUT2D eigenvalue weighted by Gasteiger charge is -2.41. The number of imidazole rings is 1. The molecule has 0 saturated carbocycles. The van der Waals surface area contributed by atoms with Gasteiger partial charge in [-0.1, -0.05) is 25.4 Å². The molecule has 1 N–H and O–H groups in total. The van der Waals surface area contributed by atoms with E-state index < -0.39 is 0 Å². The zero-order valence-electron chi connectivity index (χ0n) is 16.9. The molecule has 2 aromatic rings. The summed E-state index contributed by atoms with van der Waals surface area (Å²) < 4.78 is 5.92. The van der Waals surface area contributed by atoms with Gasteiger partial charge in [0.2, 0.25) is 0 Å². The Labute approximate surface area is 171 Å². The number of nitrogens with zero attached hydrogens (tertiary/aromatic N) is 3. The zero-order chi connectivity index (χ0) is 19.8. The number of likely N-dealkylation sites (N-methyl/N-ethyl adjacent to an activating group) is 1. The predicted octanol–water partition coefficient (Wildman–Crippen LogP) is 4.05. The van der Waals surface area contributed by atoms with Crippen molar-refractivity contribution in [1.29, 1.82) is 0 Å². The first-order valence-electron chi connectivity index (χ1n) is 10.3. The van der Waals surface area contributed by atoms with Crippen LogP contribution < -0.4 is 4.90 Å². The first-order valence-corrected chi connectivity index (χ1v) is 10.7. The molecule has 2 aliphatic rings. The van der Waals surface area contributed by atoms with E-state index in [1.54, 1.807) is 0 Å². The van der Waals surface area contributed by atoms with E-state index in [4.69, 9.17) is 21.3 Å². The number of anilines is 1. The minimum absolute atomic E-state index is 0.0510. The fourth-order valence-corrected chi connectivity index (χ4v) is 4.76. The number of H-pyrrole nitrogens is 1. The quantitative estimate of drug-likeness (QED) is 0.779. The maximum atomic E-state index is 11.9. The summed E-state index contributed by atoms with van der Waals surface area (Å²) in [7, 11) is 0. The van der Waals surface area contributed by atoms with Gasteiger partial charge in [-0.2, -0.15) is 0 Å². The van der Waals surface area contributed by atoms with Gasteiger partial charge in [0.25, 0.3) is 0 Å². The van der Waals surface area contributed by atoms with E-state index in [1.807, 2.05) is 6.07 Å². The molecule has 28 heavy (non-hydrogen) atoms. The van der Waals surface area contributed by atoms with Gasteiger partial charge in [0.05, 0.1) is 21.8 Å². The van der Waals surface area contributed by atoms with Crippen LogP contribution in [0.25, 0.3) is 11.0 Å². The monoisotopic (exact) mass is 404 g/mol. The van der Waals surface area contributed by atoms with Gasteiger partial charge in [0, 0.05) is 32.3 Å². The van der Waals surface area contributed by atoms with E-state index in [1.165, 1.54) is 0 Å². The van der Waals surface area contributed by atoms with Gasteiger partial charge in [0.1, 0.15) is 17.4 Å². The average Bonchev–Trinajstić information content (AvgIpc) is 3.11. The van der Waals surface area contributed by atoms with Crippen molar-refractivity contribution in [2.24, 2.45) is 5.92 Å². The summed E-state index contributed by atoms with van der Waals surface area (Å²) in [6.45, 7) is 11.3. The van der Waals surface area contributed by atoms with Crippen LogP contribution in [0.5, 0.6) is 0 Å². The molecule has 1 aromatic carbocycles. The fourth-order valence-electron chi connectivity index (χ4n) is 4.46. The number of fused-ring (bicyclic) bond motifs is 1. The molecule has 0 amide bonds. The van der Waals surface area contributed by atoms with E-state index in [0.717, 1.165) is 68.9 Å². The van der Waals surface area contributed by atoms with Crippen LogP contribution in [0, 0.1) is 5.92 Å². The van der Waals surface area contributed by atoms with Crippen molar-refractivity contribution < 1.29 is 9.53 Å². The molecule has 2 unspecified atom stereocenters. The Balaban J connectivity index is 1.72. The average molecular weight is 405 g/mol. The number of rotatable bonds is 4. The number of carbonyl (C=O) groups is 1. The van der Waals surface area contributed by atoms with E-state index >= 15 is 0 Å². The number of aldehydes is 1. The Kier molecular flexibility index (Phi) is 5.63. The van der Waals surface area contributed by atoms with Crippen LogP contribution in [0.15, 0.2) is 6.07 Å². The summed E-state index contributed by atoms with van der Waals surface area (Å²) in [5, 5.41) is 0.496. The number of hydrogen-bond donors (Lipinski definition) is 1. The predicted molar refractivity (Wildman–Crippen MR) is 113 cm³/mol. The first-order chi connectivity index (χ1) is 13.5. The number of halogens is 1. The van der Waals surface area contributed by atoms with E-state index in [-0.39, 0.29) is 6.10 Å². The molecular formula is C21H29ClN4O2. The lowest BCUT2D eigenvalue weighted by atomic mass is 9.97. The van der Waals surface area contributed by atoms with Crippen molar-refractivity contribution in [3.63, 3.8) is 0 Å². The van der Waals surface area contributed by atoms with Crippen molar-refractivity contribution in [3.05, 3.63) is 22.5 Å². The van der Waals surface area contributed by atoms with E-state index in [2.05, 4.69) is 35.6 Å². The number of aromatic amines is 1. The largest absolute Gasteiger partial charge is 0.370 e. The number of benzene rings is 1. The highest BCUT2D eigenvalue weighted by Crippen LogP contribution is 2.38. The third-order valence-electron chi connectivity index (χ3n) is 6.18. The van der Waals surface area contributed by atoms with Gasteiger partial charge in [0.15, 0.2) is 6.29 Å². The first kappa shape index (κ1) is 19.7. The second-order valence-corrected chi connectivity index (χ2v) is 8.56. The lowest BCUT2D eigenvalue weighted by Crippen LogP contribution is -2.52. The van der Waals surface area contributed by atoms with Crippen LogP contribution in [0.4, 0.5) is 5.69 Å². The molecule has 3 heterocycles. The van der Waals surface area contributed by atoms with Crippen LogP contribution in [-0.4, -0.2) is 60.0 Å². The molecule has 1 aromatic heterocycles. The minimum Gasteiger partial charge on any atom is -0.370 e. The summed E-state index contributed by atoms with van der Waals surface area (Å²) >= 11 is 6.70. The van der Waals surface area contributed by atoms with E-state index in [9.17, 15) is 4.79 Å². The van der Waals surface area contributed by atoms with Gasteiger partial charge in [-0.25, -0.2) is 4.98 Å². The topological polar surface area (TPSA) is 61.5 Å². The SMILES string of the molecule is CCN1CCN(c2cc3[nH]c(C4CC(C)CCO4)nc3c(C=O)c2Cl)[C@H](C)C1. The maximum Gasteiger partial charge on any atom is 0.153 e. The molecule has 2 saturated heterocycles. The summed E-state index contributed by atoms with van der Waals surface area (Å²) in [4.78, 5) is 24.8. The Hall–Kier alpha value is -1.63. The molecule has 2 fully saturated rings. The molecule has 2 aliphatic heterocycles. The Bertz CT molecular complexity index is 868. The zero-order valence-corrected chi connectivity index (χ0v) is 17.6. The Morgan fingerprint density at radius 1 is 1.39 bits per heavy atom. The molecule has 0 aliphatic carbocycles. The van der Waals surface area contributed by atoms with Gasteiger partial charge in [-0.05, 0) is 38.3 Å². The molecule has 4 rings (SSSR count). The highest BCUT2D eigenvalue weighted by molar-refractivity contribution is 6.37. The molecule has 3 atom stereocenters. The van der Waals surface area contributed by atoms with Crippen LogP contribution in [-0.2, 0) is 4.74 Å². The number of hydrogen-bond acceptors (Lipinski definition) is 5. The summed E-state index contributed by atoms with van der Waals surface area (Å²) in [5.41, 5.74) is 2.86. The van der Waals surface area contributed by atoms with Crippen molar-refractivity contribution >= 4 is 34.6 Å². The second kappa shape index (κ2) is 8.01. The van der Waals surface area contributed by atoms with Crippen molar-refractivity contribution in [2.45, 2.75) is 45.8 Å². The third-order valence-corrected chi connectivity index (χ3v) is 6.58. The van der Waals surface area contributed by atoms with Crippen LogP contribution >= 0.6 is 11.6 Å². The summed E-state index contributed by atoms with van der Waals surface area (Å²) in [6, 6.07) is 2.37. The summed E-state index contributed by atoms with van der Waals surface area (Å²) in [6.07, 6.45) is 2.79. The van der Waals surface area contributed by atoms with Crippen molar-refractivity contribution in [1.82, 2.24) is 14.9 Å². The third kappa shape index (κ3) is 3.53. The lowest BCUT2D eigenvalue weighted by molar-refractivity contribution is -0.0108. The number of nitrogens with one attached hydrogen (secondary N) is 1. The molecule has 0 bridgehead atoms. The van der Waals surface area contributed by atoms with Crippen LogP contribution in [0.2, 0.25) is 5.02 Å². The second-order valence-electron chi connectivity index (χ2n) is 8.18. The van der Waals surface area contributed by atoms with Gasteiger partial charge >= 0.3 is 0 Å². The molecular weight excluding hydrogens is 376 g/mol. The number of piperazine rings is 1. The molecule has 152 valence electrons. The molecule has 0 spiro atoms. The van der Waals surface area contributed by atoms with Gasteiger partial charge in [-0.3, -0.25) is 9.69 Å². The summed E-state index contributed by atoms with van der Waals surface area (Å²) in [5.74, 6) is 1.40. The van der Waals surface area contributed by atoms with Gasteiger partial charge < -0.3 is 14.6 Å². The number of ether oxygens (including phenoxy) is 1. The molecule has 0 radical (unpaired) electrons. The maximum absolute atomic E-state index is 11.9. The number of carbonyl (C=O) groups excluding carboxylic acids is 1. The van der Waals surface area contributed by atoms with Crippen LogP contribution in [0.1, 0.15) is 55.9 Å². The minimum atomic E-state index is -0.0510. The van der Waals surface area contributed by atoms with Crippen LogP contribution in [0.3, 0.4) is 0 Å². The van der Waals surface area contributed by atoms with Crippen molar-refractivity contribution in [2.75, 3.05) is 37.7 Å². The normalized spacial score (nSPS) is 26.7. The van der Waals surface area contributed by atoms with Crippen molar-refractivity contribution in [3.8, 4) is 0 Å². The van der Waals surface area contributed by atoms with Gasteiger partial charge in [-0.15, -0.1) is 0 Å². The standard InChI is InChI=1S/C21H29ClN4O2/c1-4-25-6-7-26(14(3)11-25)17-10-16-20(15(12-27)19(17)22)24-21(23-16)18-9-13(2)5-8-28-18/h10,12-14,18H,4-9,11H2,1-3H3,(H,23,24)/t13?,14-,18?/m1/s1. The number of aromatic nitrogens is 2. The van der Waals surface area contributed by atoms with E-state index in [0.29, 0.717) is 28.1 Å². The smallest absolute Gasteiger partial charge is 0.153 e. The Morgan fingerprint density at radius 3 is 2.89 bits per heavy atom. The molecule has 7 heteroatoms. The fraction of sp³-hybridized carbons (Fsp3) is 0.619. The molecule has 6 nitrogen and oxygen atoms in total. The highest BCUT2D eigenvalue weighted by Gasteiger charge is 2.28. The Morgan fingerprint density at radius 2 is 2.21 bits per heavy atom.